The van der Waals surface area contributed by atoms with Crippen LogP contribution in [-0.4, -0.2) is 14.5 Å². The molecule has 1 aromatic carbocycles. The van der Waals surface area contributed by atoms with Gasteiger partial charge in [-0.25, -0.2) is 4.39 Å². The number of halogens is 1. The summed E-state index contributed by atoms with van der Waals surface area (Å²) in [7, 11) is -3.66. The molecule has 4 N–H and O–H groups in total. The highest BCUT2D eigenvalue weighted by Gasteiger charge is 2.13. The molecule has 0 aromatic heterocycles. The molecule has 1 aromatic rings. The van der Waals surface area contributed by atoms with Gasteiger partial charge in [-0.3, -0.25) is 4.72 Å². The summed E-state index contributed by atoms with van der Waals surface area (Å²) < 4.78 is 40.8. The molecule has 0 saturated heterocycles. The summed E-state index contributed by atoms with van der Waals surface area (Å²) >= 11 is 0. The van der Waals surface area contributed by atoms with Crippen LogP contribution in [-0.2, 0) is 16.8 Å². The largest absolute Gasteiger partial charge is 0.326 e. The van der Waals surface area contributed by atoms with Crippen molar-refractivity contribution in [2.45, 2.75) is 26.4 Å². The number of benzene rings is 1. The third-order valence-corrected chi connectivity index (χ3v) is 3.19. The van der Waals surface area contributed by atoms with Crippen molar-refractivity contribution in [2.75, 3.05) is 4.72 Å². The highest BCUT2D eigenvalue weighted by atomic mass is 32.2. The molecule has 0 aliphatic carbocycles. The van der Waals surface area contributed by atoms with Gasteiger partial charge >= 0.3 is 0 Å². The molecule has 0 saturated carbocycles. The average molecular weight is 261 g/mol. The maximum absolute atomic E-state index is 12.9. The van der Waals surface area contributed by atoms with Gasteiger partial charge in [-0.1, -0.05) is 0 Å². The number of rotatable bonds is 5. The van der Waals surface area contributed by atoms with Gasteiger partial charge in [-0.2, -0.15) is 13.1 Å². The van der Waals surface area contributed by atoms with E-state index in [-0.39, 0.29) is 18.3 Å². The van der Waals surface area contributed by atoms with Crippen molar-refractivity contribution in [3.05, 3.63) is 29.6 Å². The molecule has 5 nitrogen and oxygen atoms in total. The molecule has 0 amide bonds. The number of hydrogen-bond donors (Lipinski definition) is 3. The van der Waals surface area contributed by atoms with Gasteiger partial charge in [0, 0.05) is 12.6 Å². The van der Waals surface area contributed by atoms with E-state index in [2.05, 4.69) is 9.44 Å². The van der Waals surface area contributed by atoms with Crippen molar-refractivity contribution in [3.63, 3.8) is 0 Å². The summed E-state index contributed by atoms with van der Waals surface area (Å²) in [6, 6.07) is 3.49. The molecule has 17 heavy (non-hydrogen) atoms. The predicted octanol–water partition coefficient (Wildman–Crippen LogP) is 0.939. The van der Waals surface area contributed by atoms with Crippen molar-refractivity contribution in [3.8, 4) is 0 Å². The molecule has 0 aliphatic heterocycles. The molecular weight excluding hydrogens is 245 g/mol. The van der Waals surface area contributed by atoms with Gasteiger partial charge in [0.25, 0.3) is 10.2 Å². The third kappa shape index (κ3) is 4.29. The molecule has 96 valence electrons. The Bertz CT molecular complexity index is 488. The number of nitrogens with one attached hydrogen (secondary N) is 2. The Balaban J connectivity index is 2.95. The Labute approximate surface area is 100 Å². The van der Waals surface area contributed by atoms with Crippen LogP contribution in [0.3, 0.4) is 0 Å². The van der Waals surface area contributed by atoms with Crippen LogP contribution in [0.4, 0.5) is 10.1 Å². The summed E-state index contributed by atoms with van der Waals surface area (Å²) in [5, 5.41) is 0. The monoisotopic (exact) mass is 261 g/mol. The number of anilines is 1. The Morgan fingerprint density at radius 1 is 1.41 bits per heavy atom. The predicted molar refractivity (Wildman–Crippen MR) is 65.1 cm³/mol. The van der Waals surface area contributed by atoms with Gasteiger partial charge in [0.05, 0.1) is 5.69 Å². The van der Waals surface area contributed by atoms with Gasteiger partial charge in [-0.15, -0.1) is 0 Å². The molecule has 0 fully saturated rings. The lowest BCUT2D eigenvalue weighted by Gasteiger charge is -2.14. The first-order valence-electron chi connectivity index (χ1n) is 5.12. The summed E-state index contributed by atoms with van der Waals surface area (Å²) in [5.41, 5.74) is 6.10. The second-order valence-electron chi connectivity index (χ2n) is 3.88. The van der Waals surface area contributed by atoms with E-state index >= 15 is 0 Å². The van der Waals surface area contributed by atoms with Crippen LogP contribution in [0.5, 0.6) is 0 Å². The Morgan fingerprint density at radius 3 is 2.59 bits per heavy atom. The van der Waals surface area contributed by atoms with E-state index in [1.165, 1.54) is 18.2 Å². The average Bonchev–Trinajstić information content (AvgIpc) is 2.18. The lowest BCUT2D eigenvalue weighted by Crippen LogP contribution is -2.35. The van der Waals surface area contributed by atoms with Crippen LogP contribution >= 0.6 is 0 Å². The van der Waals surface area contributed by atoms with Gasteiger partial charge in [0.1, 0.15) is 5.82 Å². The molecule has 1 rings (SSSR count). The third-order valence-electron chi connectivity index (χ3n) is 1.92. The summed E-state index contributed by atoms with van der Waals surface area (Å²) in [4.78, 5) is 0. The minimum absolute atomic E-state index is 0.0529. The fourth-order valence-corrected chi connectivity index (χ4v) is 2.48. The number of hydrogen-bond acceptors (Lipinski definition) is 3. The Hall–Kier alpha value is -1.18. The molecule has 0 radical (unpaired) electrons. The van der Waals surface area contributed by atoms with Crippen molar-refractivity contribution in [2.24, 2.45) is 5.73 Å². The second kappa shape index (κ2) is 5.44. The van der Waals surface area contributed by atoms with E-state index in [1.807, 2.05) is 0 Å². The topological polar surface area (TPSA) is 84.2 Å². The quantitative estimate of drug-likeness (QED) is 0.737. The van der Waals surface area contributed by atoms with Crippen LogP contribution in [0, 0.1) is 5.82 Å². The van der Waals surface area contributed by atoms with E-state index in [4.69, 9.17) is 5.73 Å². The van der Waals surface area contributed by atoms with Crippen molar-refractivity contribution < 1.29 is 12.8 Å². The Morgan fingerprint density at radius 2 is 2.06 bits per heavy atom. The van der Waals surface area contributed by atoms with Crippen LogP contribution in [0.25, 0.3) is 0 Å². The molecule has 0 heterocycles. The SMILES string of the molecule is CC(C)NS(=O)(=O)Nc1ccc(F)cc1CN. The van der Waals surface area contributed by atoms with Crippen LogP contribution in [0.1, 0.15) is 19.4 Å². The molecule has 0 atom stereocenters. The van der Waals surface area contributed by atoms with E-state index in [0.717, 1.165) is 0 Å². The van der Waals surface area contributed by atoms with E-state index in [9.17, 15) is 12.8 Å². The van der Waals surface area contributed by atoms with Gasteiger partial charge in [-0.05, 0) is 37.6 Å². The summed E-state index contributed by atoms with van der Waals surface area (Å²) in [5.74, 6) is -0.454. The smallest absolute Gasteiger partial charge is 0.299 e. The van der Waals surface area contributed by atoms with Crippen molar-refractivity contribution in [1.29, 1.82) is 0 Å². The molecule has 0 aliphatic rings. The summed E-state index contributed by atoms with van der Waals surface area (Å²) in [6.45, 7) is 3.46. The lowest BCUT2D eigenvalue weighted by molar-refractivity contribution is 0.575. The van der Waals surface area contributed by atoms with E-state index in [1.54, 1.807) is 13.8 Å². The zero-order valence-electron chi connectivity index (χ0n) is 9.70. The highest BCUT2D eigenvalue weighted by molar-refractivity contribution is 7.90. The zero-order valence-corrected chi connectivity index (χ0v) is 10.5. The molecular formula is C10H16FN3O2S. The maximum Gasteiger partial charge on any atom is 0.299 e. The first-order chi connectivity index (χ1) is 7.84. The maximum atomic E-state index is 12.9. The first-order valence-corrected chi connectivity index (χ1v) is 6.61. The van der Waals surface area contributed by atoms with Gasteiger partial charge < -0.3 is 5.73 Å². The fraction of sp³-hybridized carbons (Fsp3) is 0.400. The molecule has 7 heteroatoms. The number of nitrogens with two attached hydrogens (primary N) is 1. The van der Waals surface area contributed by atoms with E-state index in [0.29, 0.717) is 5.56 Å². The first kappa shape index (κ1) is 13.9. The molecule has 0 unspecified atom stereocenters. The highest BCUT2D eigenvalue weighted by Crippen LogP contribution is 2.17. The van der Waals surface area contributed by atoms with Gasteiger partial charge in [0.15, 0.2) is 0 Å². The van der Waals surface area contributed by atoms with Crippen LogP contribution in [0.2, 0.25) is 0 Å². The molecule has 0 bridgehead atoms. The Kier molecular flexibility index (Phi) is 4.44. The van der Waals surface area contributed by atoms with Crippen molar-refractivity contribution in [1.82, 2.24) is 4.72 Å². The van der Waals surface area contributed by atoms with Gasteiger partial charge in [0.2, 0.25) is 0 Å². The zero-order chi connectivity index (χ0) is 13.1. The van der Waals surface area contributed by atoms with E-state index < -0.39 is 16.0 Å². The van der Waals surface area contributed by atoms with Crippen LogP contribution in [0.15, 0.2) is 18.2 Å². The fourth-order valence-electron chi connectivity index (χ4n) is 1.32. The normalized spacial score (nSPS) is 11.8. The standard InChI is InChI=1S/C10H16FN3O2S/c1-7(2)13-17(15,16)14-10-4-3-9(11)5-8(10)6-12/h3-5,7,13-14H,6,12H2,1-2H3. The van der Waals surface area contributed by atoms with Crippen LogP contribution < -0.4 is 15.2 Å². The molecule has 0 spiro atoms. The lowest BCUT2D eigenvalue weighted by atomic mass is 10.2. The minimum atomic E-state index is -3.66. The minimum Gasteiger partial charge on any atom is -0.326 e. The second-order valence-corrected chi connectivity index (χ2v) is 5.33. The van der Waals surface area contributed by atoms with Crippen molar-refractivity contribution >= 4 is 15.9 Å². The summed E-state index contributed by atoms with van der Waals surface area (Å²) in [6.07, 6.45) is 0.